The Morgan fingerprint density at radius 2 is 1.92 bits per heavy atom. The van der Waals surface area contributed by atoms with Crippen molar-refractivity contribution in [2.75, 3.05) is 6.26 Å². The van der Waals surface area contributed by atoms with Crippen LogP contribution in [-0.4, -0.2) is 21.9 Å². The fraction of sp³-hybridized carbons (Fsp3) is 0.111. The molecule has 2 aromatic heterocycles. The number of nitrogens with zero attached hydrogens (tertiary/aromatic N) is 2. The fourth-order valence-electron chi connectivity index (χ4n) is 2.69. The summed E-state index contributed by atoms with van der Waals surface area (Å²) in [5.74, 6) is -1.03. The first-order valence-corrected chi connectivity index (χ1v) is 9.19. The Morgan fingerprint density at radius 3 is 2.50 bits per heavy atom. The number of benzene rings is 1. The maximum absolute atomic E-state index is 11.6. The predicted octanol–water partition coefficient (Wildman–Crippen LogP) is 5.39. The van der Waals surface area contributed by atoms with Gasteiger partial charge in [0, 0.05) is 28.6 Å². The van der Waals surface area contributed by atoms with Crippen LogP contribution in [0, 0.1) is 6.57 Å². The summed E-state index contributed by atoms with van der Waals surface area (Å²) in [6, 6.07) is 9.82. The molecular formula is C18H14N2O2S2. The van der Waals surface area contributed by atoms with Gasteiger partial charge in [0.05, 0.1) is 6.57 Å². The molecule has 1 aromatic carbocycles. The number of carboxylic acids is 1. The van der Waals surface area contributed by atoms with Crippen molar-refractivity contribution in [3.63, 3.8) is 0 Å². The van der Waals surface area contributed by atoms with Crippen molar-refractivity contribution in [1.82, 2.24) is 4.57 Å². The molecule has 0 atom stereocenters. The lowest BCUT2D eigenvalue weighted by Gasteiger charge is -2.07. The maximum atomic E-state index is 11.6. The van der Waals surface area contributed by atoms with Gasteiger partial charge in [-0.1, -0.05) is 24.3 Å². The van der Waals surface area contributed by atoms with Crippen molar-refractivity contribution < 1.29 is 9.90 Å². The molecule has 24 heavy (non-hydrogen) atoms. The number of aryl methyl sites for hydroxylation is 1. The van der Waals surface area contributed by atoms with Gasteiger partial charge < -0.3 is 9.67 Å². The fourth-order valence-corrected chi connectivity index (χ4v) is 4.48. The van der Waals surface area contributed by atoms with Crippen molar-refractivity contribution in [3.05, 3.63) is 59.0 Å². The Morgan fingerprint density at radius 1 is 1.25 bits per heavy atom. The molecule has 0 bridgehead atoms. The largest absolute Gasteiger partial charge is 0.477 e. The van der Waals surface area contributed by atoms with Crippen LogP contribution in [0.3, 0.4) is 0 Å². The van der Waals surface area contributed by atoms with E-state index in [9.17, 15) is 9.90 Å². The molecule has 0 aliphatic heterocycles. The predicted molar refractivity (Wildman–Crippen MR) is 99.2 cm³/mol. The second-order valence-corrected chi connectivity index (χ2v) is 6.93. The second kappa shape index (κ2) is 6.56. The van der Waals surface area contributed by atoms with Gasteiger partial charge in [0.25, 0.3) is 0 Å². The molecule has 0 spiro atoms. The number of carboxylic acid groups (broad SMARTS) is 1. The summed E-state index contributed by atoms with van der Waals surface area (Å²) in [6.45, 7) is 7.31. The SMILES string of the molecule is [C-]#[N+]c1cn(C)c(C(=O)O)c1-c1ccc(-c2sccc2SC)cc1. The number of hydrogen-bond acceptors (Lipinski definition) is 3. The number of thiophene rings is 1. The van der Waals surface area contributed by atoms with Crippen molar-refractivity contribution in [2.24, 2.45) is 7.05 Å². The van der Waals surface area contributed by atoms with Crippen LogP contribution in [0.25, 0.3) is 26.4 Å². The van der Waals surface area contributed by atoms with Gasteiger partial charge in [0.2, 0.25) is 5.69 Å². The summed E-state index contributed by atoms with van der Waals surface area (Å²) in [7, 11) is 1.65. The van der Waals surface area contributed by atoms with E-state index in [4.69, 9.17) is 6.57 Å². The number of aromatic nitrogens is 1. The Hall–Kier alpha value is -2.49. The molecular weight excluding hydrogens is 340 g/mol. The van der Waals surface area contributed by atoms with Crippen LogP contribution in [0.4, 0.5) is 5.69 Å². The molecule has 6 heteroatoms. The third-order valence-corrected chi connectivity index (χ3v) is 5.64. The van der Waals surface area contributed by atoms with E-state index in [0.717, 1.165) is 11.1 Å². The first-order chi connectivity index (χ1) is 11.6. The van der Waals surface area contributed by atoms with Crippen LogP contribution in [0.1, 0.15) is 10.5 Å². The highest BCUT2D eigenvalue weighted by Gasteiger charge is 2.21. The van der Waals surface area contributed by atoms with Gasteiger partial charge in [-0.15, -0.1) is 23.1 Å². The molecule has 120 valence electrons. The van der Waals surface area contributed by atoms with E-state index < -0.39 is 5.97 Å². The Balaban J connectivity index is 2.10. The zero-order valence-electron chi connectivity index (χ0n) is 13.1. The standard InChI is InChI=1S/C18H14N2O2S2/c1-19-13-10-20(2)16(18(21)22)15(13)11-4-6-12(7-5-11)17-14(23-3)8-9-24-17/h4-10H,2-3H3,(H,21,22). The van der Waals surface area contributed by atoms with E-state index in [1.807, 2.05) is 30.5 Å². The molecule has 3 aromatic rings. The van der Waals surface area contributed by atoms with Gasteiger partial charge in [-0.05, 0) is 28.8 Å². The monoisotopic (exact) mass is 354 g/mol. The van der Waals surface area contributed by atoms with Gasteiger partial charge in [-0.25, -0.2) is 9.64 Å². The van der Waals surface area contributed by atoms with Crippen molar-refractivity contribution in [2.45, 2.75) is 4.90 Å². The Bertz CT molecular complexity index is 947. The number of rotatable bonds is 4. The van der Waals surface area contributed by atoms with Crippen LogP contribution < -0.4 is 0 Å². The smallest absolute Gasteiger partial charge is 0.351 e. The van der Waals surface area contributed by atoms with Crippen LogP contribution in [0.2, 0.25) is 0 Å². The van der Waals surface area contributed by atoms with Crippen LogP contribution in [-0.2, 0) is 7.05 Å². The topological polar surface area (TPSA) is 46.6 Å². The summed E-state index contributed by atoms with van der Waals surface area (Å²) < 4.78 is 1.49. The molecule has 4 nitrogen and oxygen atoms in total. The number of hydrogen-bond donors (Lipinski definition) is 1. The second-order valence-electron chi connectivity index (χ2n) is 5.16. The number of thioether (sulfide) groups is 1. The van der Waals surface area contributed by atoms with Gasteiger partial charge in [-0.2, -0.15) is 0 Å². The van der Waals surface area contributed by atoms with Gasteiger partial charge in [-0.3, -0.25) is 0 Å². The quantitative estimate of drug-likeness (QED) is 0.504. The van der Waals surface area contributed by atoms with Crippen LogP contribution in [0.5, 0.6) is 0 Å². The number of carbonyl (C=O) groups is 1. The molecule has 1 N–H and O–H groups in total. The van der Waals surface area contributed by atoms with E-state index >= 15 is 0 Å². The third kappa shape index (κ3) is 2.73. The lowest BCUT2D eigenvalue weighted by molar-refractivity contribution is 0.0687. The highest BCUT2D eigenvalue weighted by Crippen LogP contribution is 2.39. The van der Waals surface area contributed by atoms with Crippen molar-refractivity contribution in [3.8, 4) is 21.6 Å². The van der Waals surface area contributed by atoms with Gasteiger partial charge >= 0.3 is 5.97 Å². The lowest BCUT2D eigenvalue weighted by Crippen LogP contribution is -2.05. The van der Waals surface area contributed by atoms with Crippen LogP contribution >= 0.6 is 23.1 Å². The highest BCUT2D eigenvalue weighted by atomic mass is 32.2. The first-order valence-electron chi connectivity index (χ1n) is 7.09. The molecule has 0 saturated carbocycles. The molecule has 3 rings (SSSR count). The molecule has 0 fully saturated rings. The summed E-state index contributed by atoms with van der Waals surface area (Å²) >= 11 is 3.38. The van der Waals surface area contributed by atoms with Crippen LogP contribution in [0.15, 0.2) is 46.8 Å². The first kappa shape index (κ1) is 16.4. The molecule has 0 amide bonds. The van der Waals surface area contributed by atoms with E-state index in [-0.39, 0.29) is 5.69 Å². The summed E-state index contributed by atoms with van der Waals surface area (Å²) in [6.07, 6.45) is 3.61. The van der Waals surface area contributed by atoms with Crippen molar-refractivity contribution >= 4 is 34.8 Å². The third-order valence-electron chi connectivity index (χ3n) is 3.77. The summed E-state index contributed by atoms with van der Waals surface area (Å²) in [5.41, 5.74) is 2.79. The molecule has 0 aliphatic carbocycles. The zero-order valence-corrected chi connectivity index (χ0v) is 14.7. The van der Waals surface area contributed by atoms with Gasteiger partial charge in [0.1, 0.15) is 5.69 Å². The van der Waals surface area contributed by atoms with Gasteiger partial charge in [0.15, 0.2) is 0 Å². The average Bonchev–Trinajstić information content (AvgIpc) is 3.18. The minimum atomic E-state index is -1.03. The number of aromatic carboxylic acids is 1. The minimum Gasteiger partial charge on any atom is -0.477 e. The average molecular weight is 354 g/mol. The normalized spacial score (nSPS) is 10.5. The molecule has 2 heterocycles. The molecule has 0 aliphatic rings. The molecule has 0 saturated heterocycles. The van der Waals surface area contributed by atoms with E-state index in [1.165, 1.54) is 14.3 Å². The Kier molecular flexibility index (Phi) is 4.47. The van der Waals surface area contributed by atoms with E-state index in [1.54, 1.807) is 36.3 Å². The molecule has 0 unspecified atom stereocenters. The van der Waals surface area contributed by atoms with E-state index in [2.05, 4.69) is 16.3 Å². The summed E-state index contributed by atoms with van der Waals surface area (Å²) in [4.78, 5) is 17.5. The van der Waals surface area contributed by atoms with Crippen molar-refractivity contribution in [1.29, 1.82) is 0 Å². The molecule has 0 radical (unpaired) electrons. The van der Waals surface area contributed by atoms with E-state index in [0.29, 0.717) is 11.3 Å². The maximum Gasteiger partial charge on any atom is 0.351 e. The lowest BCUT2D eigenvalue weighted by atomic mass is 10.0. The highest BCUT2D eigenvalue weighted by molar-refractivity contribution is 7.98. The Labute approximate surface area is 148 Å². The minimum absolute atomic E-state index is 0.134. The summed E-state index contributed by atoms with van der Waals surface area (Å²) in [5, 5.41) is 11.5. The zero-order chi connectivity index (χ0) is 17.3.